The number of alkyl halides is 3. The first-order valence-corrected chi connectivity index (χ1v) is 11.7. The van der Waals surface area contributed by atoms with Gasteiger partial charge in [0.2, 0.25) is 0 Å². The maximum absolute atomic E-state index is 13.2. The minimum atomic E-state index is -4.84. The van der Waals surface area contributed by atoms with E-state index in [9.17, 15) is 27.6 Å². The van der Waals surface area contributed by atoms with Crippen LogP contribution in [0.1, 0.15) is 32.3 Å². The quantitative estimate of drug-likeness (QED) is 0.554. The number of hydroxylamine groups is 2. The number of halogens is 3. The molecule has 13 heteroatoms. The maximum atomic E-state index is 13.2. The lowest BCUT2D eigenvalue weighted by Crippen LogP contribution is -2.61. The summed E-state index contributed by atoms with van der Waals surface area (Å²) in [6, 6.07) is 4.80. The van der Waals surface area contributed by atoms with Crippen LogP contribution in [0.25, 0.3) is 0 Å². The third kappa shape index (κ3) is 6.01. The molecule has 3 amide bonds. The molecule has 3 aliphatic rings. The molecule has 0 spiro atoms. The van der Waals surface area contributed by atoms with Gasteiger partial charge in [-0.3, -0.25) is 19.4 Å². The normalized spacial score (nSPS) is 21.2. The Hall–Kier alpha value is -3.06. The number of hydrogen-bond acceptors (Lipinski definition) is 8. The van der Waals surface area contributed by atoms with E-state index in [0.29, 0.717) is 55.7 Å². The minimum Gasteiger partial charge on any atom is -0.405 e. The zero-order chi connectivity index (χ0) is 26.1. The summed E-state index contributed by atoms with van der Waals surface area (Å²) < 4.78 is 49.2. The van der Waals surface area contributed by atoms with E-state index < -0.39 is 29.8 Å². The third-order valence-corrected chi connectivity index (χ3v) is 6.42. The fourth-order valence-electron chi connectivity index (χ4n) is 4.67. The van der Waals surface area contributed by atoms with Gasteiger partial charge in [-0.25, -0.2) is 4.79 Å². The summed E-state index contributed by atoms with van der Waals surface area (Å²) in [4.78, 5) is 46.6. The molecule has 0 atom stereocenters. The Morgan fingerprint density at radius 1 is 1.06 bits per heavy atom. The van der Waals surface area contributed by atoms with Crippen LogP contribution in [-0.2, 0) is 25.7 Å². The highest BCUT2D eigenvalue weighted by Gasteiger charge is 2.41. The average Bonchev–Trinajstić information content (AvgIpc) is 3.11. The second kappa shape index (κ2) is 10.1. The number of piperazine rings is 1. The van der Waals surface area contributed by atoms with Gasteiger partial charge in [0.1, 0.15) is 5.75 Å². The predicted molar refractivity (Wildman–Crippen MR) is 120 cm³/mol. The van der Waals surface area contributed by atoms with Crippen LogP contribution in [0, 0.1) is 0 Å². The second-order valence-corrected chi connectivity index (χ2v) is 9.55. The van der Waals surface area contributed by atoms with E-state index in [0.717, 1.165) is 0 Å². The average molecular weight is 515 g/mol. The number of benzene rings is 1. The number of rotatable bonds is 5. The van der Waals surface area contributed by atoms with Crippen molar-refractivity contribution in [1.29, 1.82) is 0 Å². The summed E-state index contributed by atoms with van der Waals surface area (Å²) in [5, 5.41) is 0.502. The molecule has 0 unspecified atom stereocenters. The Labute approximate surface area is 206 Å². The monoisotopic (exact) mass is 514 g/mol. The molecule has 0 aliphatic carbocycles. The SMILES string of the molecule is CC1(C)CN(Cc2ccc(N3CCOCC3)cc2OC(F)(F)F)CCN1C(=O)ON1C(=O)CCC1=O. The van der Waals surface area contributed by atoms with E-state index in [1.165, 1.54) is 11.0 Å². The van der Waals surface area contributed by atoms with E-state index in [4.69, 9.17) is 9.57 Å². The molecule has 0 aromatic heterocycles. The van der Waals surface area contributed by atoms with Gasteiger partial charge in [0.25, 0.3) is 11.8 Å². The molecule has 1 aromatic carbocycles. The van der Waals surface area contributed by atoms with Crippen molar-refractivity contribution in [3.05, 3.63) is 23.8 Å². The fraction of sp³-hybridized carbons (Fsp3) is 0.609. The van der Waals surface area contributed by atoms with Crippen molar-refractivity contribution in [3.63, 3.8) is 0 Å². The van der Waals surface area contributed by atoms with Crippen LogP contribution in [0.3, 0.4) is 0 Å². The van der Waals surface area contributed by atoms with Crippen molar-refractivity contribution in [2.24, 2.45) is 0 Å². The number of anilines is 1. The lowest BCUT2D eigenvalue weighted by molar-refractivity contribution is -0.275. The number of hydrogen-bond donors (Lipinski definition) is 0. The van der Waals surface area contributed by atoms with E-state index in [-0.39, 0.29) is 31.7 Å². The molecule has 36 heavy (non-hydrogen) atoms. The summed E-state index contributed by atoms with van der Waals surface area (Å²) in [7, 11) is 0. The third-order valence-electron chi connectivity index (χ3n) is 6.42. The molecule has 3 heterocycles. The lowest BCUT2D eigenvalue weighted by Gasteiger charge is -2.46. The van der Waals surface area contributed by atoms with Crippen LogP contribution < -0.4 is 9.64 Å². The first kappa shape index (κ1) is 26.0. The molecule has 1 aromatic rings. The van der Waals surface area contributed by atoms with Crippen LogP contribution >= 0.6 is 0 Å². The Morgan fingerprint density at radius 2 is 1.72 bits per heavy atom. The maximum Gasteiger partial charge on any atom is 0.573 e. The van der Waals surface area contributed by atoms with Gasteiger partial charge < -0.3 is 19.2 Å². The number of carbonyl (C=O) groups is 3. The second-order valence-electron chi connectivity index (χ2n) is 9.55. The first-order chi connectivity index (χ1) is 16.9. The largest absolute Gasteiger partial charge is 0.573 e. The molecule has 0 N–H and O–H groups in total. The van der Waals surface area contributed by atoms with Crippen LogP contribution in [0.15, 0.2) is 18.2 Å². The molecule has 0 saturated carbocycles. The Balaban J connectivity index is 1.45. The number of nitrogens with zero attached hydrogens (tertiary/aromatic N) is 4. The number of imide groups is 1. The van der Waals surface area contributed by atoms with Crippen molar-refractivity contribution < 1.29 is 41.9 Å². The van der Waals surface area contributed by atoms with Gasteiger partial charge in [-0.1, -0.05) is 6.07 Å². The van der Waals surface area contributed by atoms with Crippen LogP contribution in [-0.4, -0.2) is 90.6 Å². The van der Waals surface area contributed by atoms with Crippen molar-refractivity contribution in [1.82, 2.24) is 14.9 Å². The Bertz CT molecular complexity index is 996. The van der Waals surface area contributed by atoms with Gasteiger partial charge in [0.05, 0.1) is 18.8 Å². The summed E-state index contributed by atoms with van der Waals surface area (Å²) in [5.41, 5.74) is 0.213. The van der Waals surface area contributed by atoms with E-state index in [2.05, 4.69) is 4.74 Å². The van der Waals surface area contributed by atoms with Gasteiger partial charge >= 0.3 is 12.5 Å². The van der Waals surface area contributed by atoms with Crippen molar-refractivity contribution in [3.8, 4) is 5.75 Å². The Morgan fingerprint density at radius 3 is 2.33 bits per heavy atom. The van der Waals surface area contributed by atoms with Crippen LogP contribution in [0.4, 0.5) is 23.7 Å². The smallest absolute Gasteiger partial charge is 0.405 e. The van der Waals surface area contributed by atoms with Gasteiger partial charge in [-0.05, 0) is 19.9 Å². The highest BCUT2D eigenvalue weighted by atomic mass is 19.4. The zero-order valence-electron chi connectivity index (χ0n) is 20.2. The fourth-order valence-corrected chi connectivity index (χ4v) is 4.67. The number of carbonyl (C=O) groups excluding carboxylic acids is 3. The van der Waals surface area contributed by atoms with E-state index >= 15 is 0 Å². The van der Waals surface area contributed by atoms with Crippen molar-refractivity contribution in [2.75, 3.05) is 50.8 Å². The summed E-state index contributed by atoms with van der Waals surface area (Å²) in [5.74, 6) is -1.40. The molecule has 3 saturated heterocycles. The van der Waals surface area contributed by atoms with E-state index in [1.807, 2.05) is 9.80 Å². The summed E-state index contributed by atoms with van der Waals surface area (Å²) in [6.45, 7) is 6.74. The van der Waals surface area contributed by atoms with Gasteiger partial charge in [-0.2, -0.15) is 0 Å². The van der Waals surface area contributed by atoms with E-state index in [1.54, 1.807) is 26.0 Å². The predicted octanol–water partition coefficient (Wildman–Crippen LogP) is 2.52. The minimum absolute atomic E-state index is 0.00403. The molecule has 4 rings (SSSR count). The van der Waals surface area contributed by atoms with Gasteiger partial charge in [-0.15, -0.1) is 18.2 Å². The molecule has 198 valence electrons. The number of ether oxygens (including phenoxy) is 2. The highest BCUT2D eigenvalue weighted by molar-refractivity contribution is 6.01. The van der Waals surface area contributed by atoms with Crippen LogP contribution in [0.5, 0.6) is 5.75 Å². The Kier molecular flexibility index (Phi) is 7.32. The number of morpholine rings is 1. The standard InChI is InChI=1S/C23H29F3N4O6/c1-22(2)15-27(7-8-29(22)21(33)36-30-19(31)5-6-20(30)32)14-16-3-4-17(28-9-11-34-12-10-28)13-18(16)35-23(24,25)26/h3-4,13H,5-12,14-15H2,1-2H3. The highest BCUT2D eigenvalue weighted by Crippen LogP contribution is 2.33. The zero-order valence-corrected chi connectivity index (χ0v) is 20.2. The summed E-state index contributed by atoms with van der Waals surface area (Å²) >= 11 is 0. The molecule has 0 bridgehead atoms. The molecule has 3 fully saturated rings. The topological polar surface area (TPSA) is 91.9 Å². The van der Waals surface area contributed by atoms with Gasteiger partial charge in [0, 0.05) is 69.4 Å². The first-order valence-electron chi connectivity index (χ1n) is 11.7. The number of amides is 3. The molecular weight excluding hydrogens is 485 g/mol. The molecule has 10 nitrogen and oxygen atoms in total. The molecule has 0 radical (unpaired) electrons. The van der Waals surface area contributed by atoms with Crippen LogP contribution in [0.2, 0.25) is 0 Å². The molecular formula is C23H29F3N4O6. The van der Waals surface area contributed by atoms with Gasteiger partial charge in [0.15, 0.2) is 0 Å². The van der Waals surface area contributed by atoms with Crippen molar-refractivity contribution in [2.45, 2.75) is 45.1 Å². The lowest BCUT2D eigenvalue weighted by atomic mass is 9.98. The van der Waals surface area contributed by atoms with Crippen molar-refractivity contribution >= 4 is 23.6 Å². The molecule has 3 aliphatic heterocycles. The summed E-state index contributed by atoms with van der Waals surface area (Å²) in [6.07, 6.45) is -5.67.